The van der Waals surface area contributed by atoms with Crippen molar-refractivity contribution in [3.63, 3.8) is 0 Å². The van der Waals surface area contributed by atoms with Crippen molar-refractivity contribution in [2.45, 2.75) is 51.0 Å². The van der Waals surface area contributed by atoms with E-state index in [0.717, 1.165) is 13.1 Å². The van der Waals surface area contributed by atoms with E-state index in [1.807, 2.05) is 11.8 Å². The monoisotopic (exact) mass is 329 g/mol. The Labute approximate surface area is 124 Å². The molecular weight excluding hydrogens is 306 g/mol. The van der Waals surface area contributed by atoms with Gasteiger partial charge in [-0.2, -0.15) is 0 Å². The normalized spacial score (nSPS) is 10.8. The molecule has 0 radical (unpaired) electrons. The van der Waals surface area contributed by atoms with Gasteiger partial charge in [0.2, 0.25) is 0 Å². The predicted octanol–water partition coefficient (Wildman–Crippen LogP) is 5.23. The van der Waals surface area contributed by atoms with Gasteiger partial charge in [0, 0.05) is 15.9 Å². The lowest BCUT2D eigenvalue weighted by Crippen LogP contribution is -2.14. The molecule has 18 heavy (non-hydrogen) atoms. The highest BCUT2D eigenvalue weighted by Gasteiger charge is 2.03. The Hall–Kier alpha value is 0.01000. The van der Waals surface area contributed by atoms with Gasteiger partial charge in [-0.1, -0.05) is 48.7 Å². The highest BCUT2D eigenvalue weighted by Crippen LogP contribution is 2.27. The molecule has 1 aromatic rings. The summed E-state index contributed by atoms with van der Waals surface area (Å²) in [5, 5.41) is 3.48. The Balaban J connectivity index is 2.53. The molecule has 0 unspecified atom stereocenters. The van der Waals surface area contributed by atoms with Gasteiger partial charge in [0.25, 0.3) is 0 Å². The second kappa shape index (κ2) is 9.88. The van der Waals surface area contributed by atoms with Crippen LogP contribution < -0.4 is 5.32 Å². The van der Waals surface area contributed by atoms with Crippen LogP contribution in [0.4, 0.5) is 0 Å². The summed E-state index contributed by atoms with van der Waals surface area (Å²) >= 11 is 5.56. The first kappa shape index (κ1) is 16.1. The van der Waals surface area contributed by atoms with E-state index in [9.17, 15) is 0 Å². The Morgan fingerprint density at radius 2 is 2.00 bits per heavy atom. The van der Waals surface area contributed by atoms with Crippen molar-refractivity contribution in [2.24, 2.45) is 0 Å². The van der Waals surface area contributed by atoms with Crippen LogP contribution in [0, 0.1) is 0 Å². The summed E-state index contributed by atoms with van der Waals surface area (Å²) in [7, 11) is 0. The highest BCUT2D eigenvalue weighted by molar-refractivity contribution is 9.10. The third-order valence-electron chi connectivity index (χ3n) is 2.78. The average molecular weight is 330 g/mol. The molecule has 1 N–H and O–H groups in total. The maximum Gasteiger partial charge on any atom is 0.0216 e. The van der Waals surface area contributed by atoms with Crippen LogP contribution in [0.5, 0.6) is 0 Å². The maximum atomic E-state index is 3.57. The second-order valence-electron chi connectivity index (χ2n) is 4.48. The first-order chi connectivity index (χ1) is 8.77. The van der Waals surface area contributed by atoms with Gasteiger partial charge in [0.15, 0.2) is 0 Å². The molecule has 0 bridgehead atoms. The van der Waals surface area contributed by atoms with E-state index in [1.54, 1.807) is 0 Å². The van der Waals surface area contributed by atoms with Gasteiger partial charge in [-0.15, -0.1) is 11.8 Å². The van der Waals surface area contributed by atoms with Gasteiger partial charge in [0.05, 0.1) is 0 Å². The van der Waals surface area contributed by atoms with Gasteiger partial charge in [0.1, 0.15) is 0 Å². The van der Waals surface area contributed by atoms with E-state index in [-0.39, 0.29) is 0 Å². The van der Waals surface area contributed by atoms with Crippen LogP contribution in [0.3, 0.4) is 0 Å². The van der Waals surface area contributed by atoms with Gasteiger partial charge >= 0.3 is 0 Å². The SMILES string of the molecule is CCCCCSc1cc(Br)ccc1CNCCC. The number of rotatable bonds is 9. The first-order valence-corrected chi connectivity index (χ1v) is 8.67. The predicted molar refractivity (Wildman–Crippen MR) is 86.4 cm³/mol. The van der Waals surface area contributed by atoms with Crippen LogP contribution >= 0.6 is 27.7 Å². The summed E-state index contributed by atoms with van der Waals surface area (Å²) in [6, 6.07) is 6.62. The lowest BCUT2D eigenvalue weighted by Gasteiger charge is -2.10. The topological polar surface area (TPSA) is 12.0 Å². The highest BCUT2D eigenvalue weighted by atomic mass is 79.9. The number of hydrogen-bond donors (Lipinski definition) is 1. The quantitative estimate of drug-likeness (QED) is 0.491. The van der Waals surface area contributed by atoms with Crippen molar-refractivity contribution in [1.82, 2.24) is 5.32 Å². The Morgan fingerprint density at radius 3 is 2.72 bits per heavy atom. The van der Waals surface area contributed by atoms with E-state index in [0.29, 0.717) is 0 Å². The fourth-order valence-electron chi connectivity index (χ4n) is 1.74. The zero-order chi connectivity index (χ0) is 13.2. The van der Waals surface area contributed by atoms with Gasteiger partial charge in [-0.05, 0) is 42.8 Å². The molecular formula is C15H24BrNS. The summed E-state index contributed by atoms with van der Waals surface area (Å²) in [5.74, 6) is 1.23. The largest absolute Gasteiger partial charge is 0.313 e. The molecule has 0 heterocycles. The standard InChI is InChI=1S/C15H24BrNS/c1-3-5-6-10-18-15-11-14(16)8-7-13(15)12-17-9-4-2/h7-8,11,17H,3-6,9-10,12H2,1-2H3. The summed E-state index contributed by atoms with van der Waals surface area (Å²) < 4.78 is 1.18. The molecule has 0 saturated carbocycles. The molecule has 1 aromatic carbocycles. The molecule has 3 heteroatoms. The molecule has 0 aliphatic rings. The van der Waals surface area contributed by atoms with Gasteiger partial charge in [-0.25, -0.2) is 0 Å². The summed E-state index contributed by atoms with van der Waals surface area (Å²) in [5.41, 5.74) is 1.42. The minimum absolute atomic E-state index is 0.983. The first-order valence-electron chi connectivity index (χ1n) is 6.89. The summed E-state index contributed by atoms with van der Waals surface area (Å²) in [6.45, 7) is 6.53. The molecule has 102 valence electrons. The summed E-state index contributed by atoms with van der Waals surface area (Å²) in [6.07, 6.45) is 5.14. The number of thioether (sulfide) groups is 1. The molecule has 0 aromatic heterocycles. The zero-order valence-corrected chi connectivity index (χ0v) is 13.9. The molecule has 1 rings (SSSR count). The van der Waals surface area contributed by atoms with Crippen LogP contribution in [0.2, 0.25) is 0 Å². The smallest absolute Gasteiger partial charge is 0.0216 e. The Bertz CT molecular complexity index is 341. The summed E-state index contributed by atoms with van der Waals surface area (Å²) in [4.78, 5) is 1.42. The average Bonchev–Trinajstić information content (AvgIpc) is 2.37. The molecule has 0 saturated heterocycles. The number of nitrogens with one attached hydrogen (secondary N) is 1. The van der Waals surface area contributed by atoms with Crippen LogP contribution in [-0.2, 0) is 6.54 Å². The van der Waals surface area contributed by atoms with E-state index < -0.39 is 0 Å². The van der Waals surface area contributed by atoms with Crippen LogP contribution in [0.25, 0.3) is 0 Å². The molecule has 1 nitrogen and oxygen atoms in total. The molecule has 0 spiro atoms. The van der Waals surface area contributed by atoms with E-state index >= 15 is 0 Å². The molecule has 0 atom stereocenters. The van der Waals surface area contributed by atoms with Gasteiger partial charge < -0.3 is 5.32 Å². The van der Waals surface area contributed by atoms with Crippen LogP contribution in [0.15, 0.2) is 27.6 Å². The minimum atomic E-state index is 0.983. The van der Waals surface area contributed by atoms with E-state index in [1.165, 1.54) is 46.4 Å². The Morgan fingerprint density at radius 1 is 1.17 bits per heavy atom. The van der Waals surface area contributed by atoms with Crippen molar-refractivity contribution in [3.8, 4) is 0 Å². The lowest BCUT2D eigenvalue weighted by atomic mass is 10.2. The van der Waals surface area contributed by atoms with Crippen molar-refractivity contribution < 1.29 is 0 Å². The molecule has 0 fully saturated rings. The number of hydrogen-bond acceptors (Lipinski definition) is 2. The van der Waals surface area contributed by atoms with Crippen LogP contribution in [-0.4, -0.2) is 12.3 Å². The third kappa shape index (κ3) is 6.26. The van der Waals surface area contributed by atoms with Crippen molar-refractivity contribution in [2.75, 3.05) is 12.3 Å². The zero-order valence-electron chi connectivity index (χ0n) is 11.5. The van der Waals surface area contributed by atoms with Gasteiger partial charge in [-0.3, -0.25) is 0 Å². The third-order valence-corrected chi connectivity index (χ3v) is 4.45. The fraction of sp³-hybridized carbons (Fsp3) is 0.600. The van der Waals surface area contributed by atoms with Crippen molar-refractivity contribution >= 4 is 27.7 Å². The molecule has 0 amide bonds. The molecule has 0 aliphatic carbocycles. The van der Waals surface area contributed by atoms with Crippen molar-refractivity contribution in [3.05, 3.63) is 28.2 Å². The minimum Gasteiger partial charge on any atom is -0.313 e. The lowest BCUT2D eigenvalue weighted by molar-refractivity contribution is 0.669. The Kier molecular flexibility index (Phi) is 8.82. The van der Waals surface area contributed by atoms with E-state index in [2.05, 4.69) is 53.3 Å². The number of halogens is 1. The fourth-order valence-corrected chi connectivity index (χ4v) is 3.36. The van der Waals surface area contributed by atoms with Crippen molar-refractivity contribution in [1.29, 1.82) is 0 Å². The van der Waals surface area contributed by atoms with E-state index in [4.69, 9.17) is 0 Å². The van der Waals surface area contributed by atoms with Crippen LogP contribution in [0.1, 0.15) is 45.1 Å². The second-order valence-corrected chi connectivity index (χ2v) is 6.54. The number of unbranched alkanes of at least 4 members (excludes halogenated alkanes) is 2. The maximum absolute atomic E-state index is 3.57. The molecule has 0 aliphatic heterocycles. The number of benzene rings is 1.